The second kappa shape index (κ2) is 5.17. The van der Waals surface area contributed by atoms with E-state index in [4.69, 9.17) is 4.74 Å². The van der Waals surface area contributed by atoms with Crippen molar-refractivity contribution >= 4 is 5.97 Å². The third-order valence-corrected chi connectivity index (χ3v) is 3.73. The van der Waals surface area contributed by atoms with Crippen LogP contribution < -0.4 is 5.56 Å². The third kappa shape index (κ3) is 2.56. The molecule has 0 bridgehead atoms. The van der Waals surface area contributed by atoms with E-state index in [1.165, 1.54) is 6.07 Å². The van der Waals surface area contributed by atoms with Crippen molar-refractivity contribution in [2.45, 2.75) is 45.8 Å². The number of ether oxygens (including phenoxy) is 1. The van der Waals surface area contributed by atoms with Crippen LogP contribution in [0.15, 0.2) is 10.9 Å². The molecule has 1 saturated heterocycles. The fraction of sp³-hybridized carbons (Fsp3) is 0.571. The van der Waals surface area contributed by atoms with Crippen LogP contribution in [-0.2, 0) is 4.74 Å². The summed E-state index contributed by atoms with van der Waals surface area (Å²) in [6.07, 6.45) is 1.58. The van der Waals surface area contributed by atoms with E-state index in [1.54, 1.807) is 18.4 Å². The van der Waals surface area contributed by atoms with Crippen LogP contribution in [0.5, 0.6) is 0 Å². The highest BCUT2D eigenvalue weighted by atomic mass is 16.5. The lowest BCUT2D eigenvalue weighted by atomic mass is 10.0. The Hall–Kier alpha value is -1.62. The Kier molecular flexibility index (Phi) is 3.75. The maximum absolute atomic E-state index is 12.2. The average molecular weight is 265 g/mol. The standard InChI is InChI=1S/C14H19NO4/c1-8-6-12(16)15(10(3)13(8)14(17)18)11-4-5-19-9(2)7-11/h6,9,11H,4-5,7H2,1-3H3,(H,17,18). The molecule has 0 aliphatic carbocycles. The predicted molar refractivity (Wildman–Crippen MR) is 70.8 cm³/mol. The van der Waals surface area contributed by atoms with Crippen molar-refractivity contribution in [1.82, 2.24) is 4.57 Å². The smallest absolute Gasteiger partial charge is 0.337 e. The van der Waals surface area contributed by atoms with Crippen molar-refractivity contribution in [1.29, 1.82) is 0 Å². The monoisotopic (exact) mass is 265 g/mol. The lowest BCUT2D eigenvalue weighted by molar-refractivity contribution is 0.00485. The summed E-state index contributed by atoms with van der Waals surface area (Å²) in [4.78, 5) is 23.5. The summed E-state index contributed by atoms with van der Waals surface area (Å²) in [5.74, 6) is -0.983. The van der Waals surface area contributed by atoms with E-state index in [0.717, 1.165) is 12.8 Å². The van der Waals surface area contributed by atoms with Gasteiger partial charge in [0.05, 0.1) is 11.7 Å². The van der Waals surface area contributed by atoms with Crippen molar-refractivity contribution in [3.05, 3.63) is 33.2 Å². The van der Waals surface area contributed by atoms with Crippen LogP contribution in [0.3, 0.4) is 0 Å². The predicted octanol–water partition coefficient (Wildman–Crippen LogP) is 1.90. The van der Waals surface area contributed by atoms with Crippen LogP contribution in [0.2, 0.25) is 0 Å². The van der Waals surface area contributed by atoms with Gasteiger partial charge in [-0.2, -0.15) is 0 Å². The number of aromatic nitrogens is 1. The van der Waals surface area contributed by atoms with Crippen LogP contribution >= 0.6 is 0 Å². The van der Waals surface area contributed by atoms with Crippen molar-refractivity contribution in [3.8, 4) is 0 Å². The second-order valence-electron chi connectivity index (χ2n) is 5.16. The SMILES string of the molecule is Cc1cc(=O)n(C2CCOC(C)C2)c(C)c1C(=O)O. The Morgan fingerprint density at radius 2 is 2.16 bits per heavy atom. The summed E-state index contributed by atoms with van der Waals surface area (Å²) in [6.45, 7) is 5.94. The highest BCUT2D eigenvalue weighted by Crippen LogP contribution is 2.26. The van der Waals surface area contributed by atoms with E-state index in [2.05, 4.69) is 0 Å². The van der Waals surface area contributed by atoms with E-state index in [-0.39, 0.29) is 23.3 Å². The van der Waals surface area contributed by atoms with Crippen molar-refractivity contribution in [2.24, 2.45) is 0 Å². The highest BCUT2D eigenvalue weighted by molar-refractivity contribution is 5.90. The average Bonchev–Trinajstić information content (AvgIpc) is 2.27. The third-order valence-electron chi connectivity index (χ3n) is 3.73. The van der Waals surface area contributed by atoms with E-state index in [9.17, 15) is 14.7 Å². The van der Waals surface area contributed by atoms with Gasteiger partial charge in [-0.25, -0.2) is 4.79 Å². The minimum atomic E-state index is -0.983. The molecule has 19 heavy (non-hydrogen) atoms. The van der Waals surface area contributed by atoms with E-state index >= 15 is 0 Å². The zero-order valence-corrected chi connectivity index (χ0v) is 11.5. The molecule has 0 spiro atoms. The van der Waals surface area contributed by atoms with Gasteiger partial charge in [-0.1, -0.05) is 0 Å². The fourth-order valence-electron chi connectivity index (χ4n) is 2.88. The highest BCUT2D eigenvalue weighted by Gasteiger charge is 2.25. The fourth-order valence-corrected chi connectivity index (χ4v) is 2.88. The molecule has 2 heterocycles. The Bertz CT molecular complexity index is 561. The van der Waals surface area contributed by atoms with Gasteiger partial charge in [0.15, 0.2) is 0 Å². The second-order valence-corrected chi connectivity index (χ2v) is 5.16. The number of carboxylic acids is 1. The summed E-state index contributed by atoms with van der Waals surface area (Å²) < 4.78 is 7.10. The molecule has 5 nitrogen and oxygen atoms in total. The van der Waals surface area contributed by atoms with Gasteiger partial charge in [0, 0.05) is 24.4 Å². The quantitative estimate of drug-likeness (QED) is 0.886. The first-order valence-corrected chi connectivity index (χ1v) is 6.49. The molecule has 5 heteroatoms. The number of hydrogen-bond acceptors (Lipinski definition) is 3. The molecule has 1 aliphatic heterocycles. The Morgan fingerprint density at radius 3 is 2.74 bits per heavy atom. The number of hydrogen-bond donors (Lipinski definition) is 1. The van der Waals surface area contributed by atoms with Gasteiger partial charge in [-0.05, 0) is 39.2 Å². The number of carboxylic acid groups (broad SMARTS) is 1. The topological polar surface area (TPSA) is 68.5 Å². The maximum Gasteiger partial charge on any atom is 0.337 e. The summed E-state index contributed by atoms with van der Waals surface area (Å²) in [6, 6.07) is 1.44. The van der Waals surface area contributed by atoms with Crippen LogP contribution in [0, 0.1) is 13.8 Å². The number of aromatic carboxylic acids is 1. The largest absolute Gasteiger partial charge is 0.478 e. The molecule has 0 radical (unpaired) electrons. The van der Waals surface area contributed by atoms with Crippen LogP contribution in [0.1, 0.15) is 47.4 Å². The van der Waals surface area contributed by atoms with Gasteiger partial charge in [-0.3, -0.25) is 4.79 Å². The summed E-state index contributed by atoms with van der Waals surface area (Å²) in [5, 5.41) is 9.27. The number of aryl methyl sites for hydroxylation is 1. The van der Waals surface area contributed by atoms with Gasteiger partial charge in [0.25, 0.3) is 5.56 Å². The summed E-state index contributed by atoms with van der Waals surface area (Å²) in [5.41, 5.74) is 1.17. The minimum Gasteiger partial charge on any atom is -0.478 e. The normalized spacial score (nSPS) is 23.3. The first kappa shape index (κ1) is 13.8. The van der Waals surface area contributed by atoms with Crippen LogP contribution in [-0.4, -0.2) is 28.4 Å². The van der Waals surface area contributed by atoms with Gasteiger partial charge in [0.2, 0.25) is 0 Å². The van der Waals surface area contributed by atoms with Gasteiger partial charge in [0.1, 0.15) is 0 Å². The zero-order valence-electron chi connectivity index (χ0n) is 11.5. The van der Waals surface area contributed by atoms with E-state index in [1.807, 2.05) is 6.92 Å². The lowest BCUT2D eigenvalue weighted by Crippen LogP contribution is -2.34. The molecule has 1 fully saturated rings. The van der Waals surface area contributed by atoms with Crippen molar-refractivity contribution in [3.63, 3.8) is 0 Å². The maximum atomic E-state index is 12.2. The molecule has 1 aromatic heterocycles. The molecule has 1 aliphatic rings. The molecule has 0 saturated carbocycles. The number of pyridine rings is 1. The van der Waals surface area contributed by atoms with Crippen LogP contribution in [0.25, 0.3) is 0 Å². The molecule has 2 unspecified atom stereocenters. The first-order valence-electron chi connectivity index (χ1n) is 6.49. The molecular weight excluding hydrogens is 246 g/mol. The molecule has 1 aromatic rings. The van der Waals surface area contributed by atoms with Gasteiger partial charge in [-0.15, -0.1) is 0 Å². The summed E-state index contributed by atoms with van der Waals surface area (Å²) >= 11 is 0. The minimum absolute atomic E-state index is 0.0231. The molecule has 2 rings (SSSR count). The van der Waals surface area contributed by atoms with Crippen molar-refractivity contribution in [2.75, 3.05) is 6.61 Å². The van der Waals surface area contributed by atoms with Crippen LogP contribution in [0.4, 0.5) is 0 Å². The zero-order chi connectivity index (χ0) is 14.2. The lowest BCUT2D eigenvalue weighted by Gasteiger charge is -2.30. The Balaban J connectivity index is 2.54. The summed E-state index contributed by atoms with van der Waals surface area (Å²) in [7, 11) is 0. The van der Waals surface area contributed by atoms with Crippen molar-refractivity contribution < 1.29 is 14.6 Å². The molecular formula is C14H19NO4. The molecule has 1 N–H and O–H groups in total. The number of carbonyl (C=O) groups is 1. The number of rotatable bonds is 2. The molecule has 0 aromatic carbocycles. The van der Waals surface area contributed by atoms with Gasteiger partial charge >= 0.3 is 5.97 Å². The van der Waals surface area contributed by atoms with E-state index < -0.39 is 5.97 Å². The molecule has 0 amide bonds. The molecule has 2 atom stereocenters. The van der Waals surface area contributed by atoms with E-state index in [0.29, 0.717) is 17.9 Å². The Morgan fingerprint density at radius 1 is 1.47 bits per heavy atom. The first-order chi connectivity index (χ1) is 8.91. The Labute approximate surface area is 111 Å². The molecule has 104 valence electrons. The van der Waals surface area contributed by atoms with Gasteiger partial charge < -0.3 is 14.4 Å². The number of nitrogens with zero attached hydrogens (tertiary/aromatic N) is 1.